The summed E-state index contributed by atoms with van der Waals surface area (Å²) in [4.78, 5) is 37.7. The Labute approximate surface area is 273 Å². The minimum atomic E-state index is -4.51. The van der Waals surface area contributed by atoms with Gasteiger partial charge in [0.15, 0.2) is 0 Å². The average Bonchev–Trinajstić information content (AvgIpc) is 3.53. The number of benzene rings is 4. The summed E-state index contributed by atoms with van der Waals surface area (Å²) in [5, 5.41) is -3.88. The first kappa shape index (κ1) is 35.1. The molecule has 47 heavy (non-hydrogen) atoms. The van der Waals surface area contributed by atoms with Crippen molar-refractivity contribution in [1.82, 2.24) is 9.80 Å². The third-order valence-electron chi connectivity index (χ3n) is 7.39. The van der Waals surface area contributed by atoms with E-state index in [0.29, 0.717) is 18.7 Å². The fraction of sp³-hybridized carbons (Fsp3) is 0.229. The van der Waals surface area contributed by atoms with E-state index in [1.54, 1.807) is 6.07 Å². The van der Waals surface area contributed by atoms with Crippen molar-refractivity contribution in [2.75, 3.05) is 7.11 Å². The molecule has 246 valence electrons. The van der Waals surface area contributed by atoms with Crippen LogP contribution in [0.4, 0.5) is 22.0 Å². The topological polar surface area (TPSA) is 66.9 Å². The van der Waals surface area contributed by atoms with Crippen molar-refractivity contribution < 1.29 is 41.1 Å². The normalized spacial score (nSPS) is 13.6. The van der Waals surface area contributed by atoms with E-state index < -0.39 is 29.0 Å². The van der Waals surface area contributed by atoms with Gasteiger partial charge in [-0.1, -0.05) is 91.0 Å². The largest absolute Gasteiger partial charge is 0.464 e. The Kier molecular flexibility index (Phi) is 11.0. The fourth-order valence-electron chi connectivity index (χ4n) is 5.24. The van der Waals surface area contributed by atoms with Crippen LogP contribution in [0.15, 0.2) is 97.1 Å². The van der Waals surface area contributed by atoms with Crippen LogP contribution in [-0.2, 0) is 41.9 Å². The highest BCUT2D eigenvalue weighted by atomic mass is 35.5. The number of amides is 2. The number of fused-ring (bicyclic) bond motifs is 2. The molecule has 2 heterocycles. The molecule has 4 aromatic carbocycles. The minimum absolute atomic E-state index is 0.159. The van der Waals surface area contributed by atoms with Gasteiger partial charge in [-0.2, -0.15) is 22.0 Å². The van der Waals surface area contributed by atoms with E-state index in [1.807, 2.05) is 78.6 Å². The molecule has 0 aliphatic carbocycles. The van der Waals surface area contributed by atoms with Crippen molar-refractivity contribution in [2.24, 2.45) is 0 Å². The molecule has 0 saturated carbocycles. The number of esters is 1. The van der Waals surface area contributed by atoms with Crippen LogP contribution in [0.3, 0.4) is 0 Å². The number of hydrogen-bond acceptors (Lipinski definition) is 4. The van der Waals surface area contributed by atoms with Crippen molar-refractivity contribution in [2.45, 2.75) is 44.7 Å². The number of carbonyl (C=O) groups is 3. The molecule has 2 aliphatic heterocycles. The zero-order valence-corrected chi connectivity index (χ0v) is 26.1. The summed E-state index contributed by atoms with van der Waals surface area (Å²) < 4.78 is 65.4. The number of rotatable bonds is 5. The quantitative estimate of drug-likeness (QED) is 0.122. The van der Waals surface area contributed by atoms with Crippen LogP contribution >= 0.6 is 11.6 Å². The Balaban J connectivity index is 0.000000175. The van der Waals surface area contributed by atoms with Crippen LogP contribution in [0.2, 0.25) is 0 Å². The SMILES string of the molecule is COC(=O)C(F)(F)Cl.Cc1cccc2c1C(=O)N(Cc1ccccc1)C2.O=C1c2c(cccc2C(F)(F)F)CN1Cc1ccccc1. The average molecular weight is 673 g/mol. The Morgan fingerprint density at radius 2 is 1.15 bits per heavy atom. The maximum absolute atomic E-state index is 13.0. The van der Waals surface area contributed by atoms with Crippen LogP contribution in [0.1, 0.15) is 54.1 Å². The first-order valence-corrected chi connectivity index (χ1v) is 14.7. The van der Waals surface area contributed by atoms with Crippen LogP contribution < -0.4 is 0 Å². The summed E-state index contributed by atoms with van der Waals surface area (Å²) >= 11 is 4.18. The van der Waals surface area contributed by atoms with Gasteiger partial charge in [0, 0.05) is 31.7 Å². The van der Waals surface area contributed by atoms with Gasteiger partial charge in [0.2, 0.25) is 0 Å². The van der Waals surface area contributed by atoms with Gasteiger partial charge in [-0.05, 0) is 52.4 Å². The molecule has 0 saturated heterocycles. The lowest BCUT2D eigenvalue weighted by atomic mass is 10.0. The standard InChI is InChI=1S/C16H12F3NO.C16H15NO.C3H3ClF2O2/c17-16(18,19)13-8-4-7-12-10-20(15(21)14(12)13)9-11-5-2-1-3-6-11;1-12-6-5-9-14-11-17(16(18)15(12)14)10-13-7-3-2-4-8-13;1-8-2(7)3(4,5)6/h1-8H,9-10H2;2-9H,10-11H2,1H3;1H3. The molecule has 2 aliphatic rings. The number of methoxy groups -OCH3 is 1. The first-order valence-electron chi connectivity index (χ1n) is 14.3. The van der Waals surface area contributed by atoms with E-state index in [2.05, 4.69) is 28.5 Å². The molecular formula is C35H30ClF5N2O4. The molecule has 0 bridgehead atoms. The summed E-state index contributed by atoms with van der Waals surface area (Å²) in [5.74, 6) is -2.13. The van der Waals surface area contributed by atoms with Gasteiger partial charge in [0.1, 0.15) is 0 Å². The summed E-state index contributed by atoms with van der Waals surface area (Å²) in [6, 6.07) is 29.3. The van der Waals surface area contributed by atoms with Crippen LogP contribution in [0.5, 0.6) is 0 Å². The highest BCUT2D eigenvalue weighted by molar-refractivity contribution is 6.31. The highest BCUT2D eigenvalue weighted by Gasteiger charge is 2.40. The molecule has 0 N–H and O–H groups in total. The first-order chi connectivity index (χ1) is 22.2. The fourth-order valence-corrected chi connectivity index (χ4v) is 5.31. The molecule has 6 nitrogen and oxygen atoms in total. The zero-order valence-electron chi connectivity index (χ0n) is 25.4. The van der Waals surface area contributed by atoms with Gasteiger partial charge in [-0.15, -0.1) is 0 Å². The minimum Gasteiger partial charge on any atom is -0.464 e. The number of aryl methyl sites for hydroxylation is 1. The maximum atomic E-state index is 13.0. The van der Waals surface area contributed by atoms with Gasteiger partial charge in [0.25, 0.3) is 11.8 Å². The molecule has 0 radical (unpaired) electrons. The van der Waals surface area contributed by atoms with E-state index >= 15 is 0 Å². The van der Waals surface area contributed by atoms with Gasteiger partial charge in [-0.3, -0.25) is 9.59 Å². The molecule has 12 heteroatoms. The second kappa shape index (κ2) is 14.8. The van der Waals surface area contributed by atoms with Gasteiger partial charge in [-0.25, -0.2) is 4.79 Å². The Hall–Kier alpha value is -4.77. The van der Waals surface area contributed by atoms with Gasteiger partial charge < -0.3 is 14.5 Å². The van der Waals surface area contributed by atoms with Gasteiger partial charge in [0.05, 0.1) is 18.2 Å². The Morgan fingerprint density at radius 3 is 1.55 bits per heavy atom. The van der Waals surface area contributed by atoms with E-state index in [0.717, 1.165) is 42.0 Å². The number of ether oxygens (including phenoxy) is 1. The molecule has 0 spiro atoms. The Morgan fingerprint density at radius 1 is 0.702 bits per heavy atom. The van der Waals surface area contributed by atoms with Crippen LogP contribution in [-0.4, -0.2) is 40.1 Å². The highest BCUT2D eigenvalue weighted by Crippen LogP contribution is 2.37. The second-order valence-corrected chi connectivity index (χ2v) is 11.2. The van der Waals surface area contributed by atoms with Crippen LogP contribution in [0, 0.1) is 6.92 Å². The number of carbonyl (C=O) groups excluding carboxylic acids is 3. The smallest absolute Gasteiger partial charge is 0.417 e. The predicted molar refractivity (Wildman–Crippen MR) is 165 cm³/mol. The number of halogens is 6. The molecule has 0 atom stereocenters. The Bertz CT molecular complexity index is 1730. The molecule has 0 aromatic heterocycles. The summed E-state index contributed by atoms with van der Waals surface area (Å²) in [7, 11) is 0.832. The zero-order chi connectivity index (χ0) is 34.4. The van der Waals surface area contributed by atoms with E-state index in [1.165, 1.54) is 16.5 Å². The monoisotopic (exact) mass is 672 g/mol. The van der Waals surface area contributed by atoms with Crippen LogP contribution in [0.25, 0.3) is 0 Å². The van der Waals surface area contributed by atoms with E-state index in [9.17, 15) is 36.3 Å². The summed E-state index contributed by atoms with van der Waals surface area (Å²) in [6.45, 7) is 3.94. The molecule has 4 aromatic rings. The maximum Gasteiger partial charge on any atom is 0.417 e. The molecular weight excluding hydrogens is 643 g/mol. The third-order valence-corrected chi connectivity index (χ3v) is 7.54. The molecule has 2 amide bonds. The lowest BCUT2D eigenvalue weighted by Crippen LogP contribution is -2.24. The second-order valence-electron chi connectivity index (χ2n) is 10.7. The molecule has 6 rings (SSSR count). The molecule has 0 fully saturated rings. The molecule has 0 unspecified atom stereocenters. The van der Waals surface area contributed by atoms with Crippen molar-refractivity contribution in [3.63, 3.8) is 0 Å². The van der Waals surface area contributed by atoms with Crippen molar-refractivity contribution in [3.8, 4) is 0 Å². The van der Waals surface area contributed by atoms with E-state index in [4.69, 9.17) is 0 Å². The number of hydrogen-bond donors (Lipinski definition) is 0. The van der Waals surface area contributed by atoms with Crippen molar-refractivity contribution in [1.29, 1.82) is 0 Å². The summed E-state index contributed by atoms with van der Waals surface area (Å²) in [5.41, 5.74) is 4.58. The van der Waals surface area contributed by atoms with Crippen molar-refractivity contribution >= 4 is 29.4 Å². The van der Waals surface area contributed by atoms with Crippen molar-refractivity contribution in [3.05, 3.63) is 142 Å². The number of alkyl halides is 6. The number of nitrogens with zero attached hydrogens (tertiary/aromatic N) is 2. The van der Waals surface area contributed by atoms with E-state index in [-0.39, 0.29) is 18.0 Å². The lowest BCUT2D eigenvalue weighted by molar-refractivity contribution is -0.157. The lowest BCUT2D eigenvalue weighted by Gasteiger charge is -2.16. The van der Waals surface area contributed by atoms with Gasteiger partial charge >= 0.3 is 17.5 Å². The summed E-state index contributed by atoms with van der Waals surface area (Å²) in [6.07, 6.45) is -4.51. The third kappa shape index (κ3) is 8.74. The predicted octanol–water partition coefficient (Wildman–Crippen LogP) is 8.00.